The molecule has 0 bridgehead atoms. The molecule has 1 fully saturated rings. The fourth-order valence-corrected chi connectivity index (χ4v) is 3.30. The summed E-state index contributed by atoms with van der Waals surface area (Å²) in [6.07, 6.45) is 5.90. The number of aliphatic hydroxyl groups is 1. The normalized spacial score (nSPS) is 21.2. The average Bonchev–Trinajstić information content (AvgIpc) is 2.73. The van der Waals surface area contributed by atoms with Crippen molar-refractivity contribution in [3.8, 4) is 0 Å². The van der Waals surface area contributed by atoms with Crippen molar-refractivity contribution in [1.29, 1.82) is 0 Å². The highest BCUT2D eigenvalue weighted by molar-refractivity contribution is 5.66. The second-order valence-electron chi connectivity index (χ2n) is 6.20. The number of carboxylic acids is 1. The zero-order chi connectivity index (χ0) is 15.8. The van der Waals surface area contributed by atoms with Crippen LogP contribution in [0.15, 0.2) is 30.3 Å². The molecular weight excluding hydrogens is 278 g/mol. The molecule has 4 nitrogen and oxygen atoms in total. The SMILES string of the molecule is O=C(O)CCCN1CCCCCC1CC(O)c1ccccc1. The predicted molar refractivity (Wildman–Crippen MR) is 86.7 cm³/mol. The van der Waals surface area contributed by atoms with Crippen molar-refractivity contribution in [2.45, 2.75) is 57.1 Å². The van der Waals surface area contributed by atoms with E-state index in [9.17, 15) is 9.90 Å². The summed E-state index contributed by atoms with van der Waals surface area (Å²) in [5.74, 6) is -0.726. The minimum Gasteiger partial charge on any atom is -0.481 e. The maximum absolute atomic E-state index is 10.7. The van der Waals surface area contributed by atoms with E-state index in [4.69, 9.17) is 5.11 Å². The first-order valence-corrected chi connectivity index (χ1v) is 8.35. The van der Waals surface area contributed by atoms with E-state index in [-0.39, 0.29) is 6.42 Å². The number of nitrogens with zero attached hydrogens (tertiary/aromatic N) is 1. The minimum absolute atomic E-state index is 0.227. The highest BCUT2D eigenvalue weighted by Gasteiger charge is 2.24. The molecule has 0 spiro atoms. The van der Waals surface area contributed by atoms with Gasteiger partial charge in [-0.05, 0) is 44.3 Å². The Balaban J connectivity index is 1.93. The number of likely N-dealkylation sites (tertiary alicyclic amines) is 1. The Hall–Kier alpha value is -1.39. The van der Waals surface area contributed by atoms with Gasteiger partial charge in [0, 0.05) is 12.5 Å². The van der Waals surface area contributed by atoms with Gasteiger partial charge < -0.3 is 15.1 Å². The standard InChI is InChI=1S/C18H27NO3/c20-17(15-8-3-1-4-9-15)14-16-10-5-2-6-12-19(16)13-7-11-18(21)22/h1,3-4,8-9,16-17,20H,2,5-7,10-14H2,(H,21,22). The molecule has 22 heavy (non-hydrogen) atoms. The summed E-state index contributed by atoms with van der Waals surface area (Å²) in [4.78, 5) is 13.1. The van der Waals surface area contributed by atoms with Gasteiger partial charge in [0.15, 0.2) is 0 Å². The Bertz CT molecular complexity index is 449. The van der Waals surface area contributed by atoms with Gasteiger partial charge >= 0.3 is 5.97 Å². The first-order valence-electron chi connectivity index (χ1n) is 8.35. The molecule has 1 saturated heterocycles. The summed E-state index contributed by atoms with van der Waals surface area (Å²) >= 11 is 0. The number of rotatable bonds is 7. The van der Waals surface area contributed by atoms with Gasteiger partial charge in [0.2, 0.25) is 0 Å². The first kappa shape index (κ1) is 17.0. The van der Waals surface area contributed by atoms with Gasteiger partial charge in [-0.1, -0.05) is 43.2 Å². The van der Waals surface area contributed by atoms with Crippen LogP contribution in [0.1, 0.15) is 56.6 Å². The zero-order valence-electron chi connectivity index (χ0n) is 13.2. The van der Waals surface area contributed by atoms with Crippen LogP contribution in [0.3, 0.4) is 0 Å². The monoisotopic (exact) mass is 305 g/mol. The van der Waals surface area contributed by atoms with Crippen molar-refractivity contribution in [3.05, 3.63) is 35.9 Å². The molecule has 2 N–H and O–H groups in total. The average molecular weight is 305 g/mol. The van der Waals surface area contributed by atoms with E-state index in [2.05, 4.69) is 4.90 Å². The van der Waals surface area contributed by atoms with Crippen molar-refractivity contribution in [2.75, 3.05) is 13.1 Å². The second-order valence-corrected chi connectivity index (χ2v) is 6.20. The van der Waals surface area contributed by atoms with Crippen LogP contribution >= 0.6 is 0 Å². The number of aliphatic carboxylic acids is 1. The molecule has 1 aromatic carbocycles. The van der Waals surface area contributed by atoms with Crippen LogP contribution in [0, 0.1) is 0 Å². The number of aliphatic hydroxyl groups excluding tert-OH is 1. The molecule has 1 aliphatic rings. The quantitative estimate of drug-likeness (QED) is 0.812. The lowest BCUT2D eigenvalue weighted by Crippen LogP contribution is -2.37. The van der Waals surface area contributed by atoms with Gasteiger partial charge in [-0.25, -0.2) is 0 Å². The van der Waals surface area contributed by atoms with Crippen LogP contribution in [0.4, 0.5) is 0 Å². The van der Waals surface area contributed by atoms with Gasteiger partial charge in [-0.15, -0.1) is 0 Å². The molecule has 0 saturated carbocycles. The van der Waals surface area contributed by atoms with Crippen molar-refractivity contribution >= 4 is 5.97 Å². The van der Waals surface area contributed by atoms with Crippen molar-refractivity contribution in [1.82, 2.24) is 4.90 Å². The molecular formula is C18H27NO3. The summed E-state index contributed by atoms with van der Waals surface area (Å²) < 4.78 is 0. The number of hydrogen-bond donors (Lipinski definition) is 2. The number of carbonyl (C=O) groups is 1. The van der Waals surface area contributed by atoms with Crippen LogP contribution < -0.4 is 0 Å². The summed E-state index contributed by atoms with van der Waals surface area (Å²) in [5, 5.41) is 19.3. The molecule has 122 valence electrons. The molecule has 0 aliphatic carbocycles. The molecule has 0 aromatic heterocycles. The van der Waals surface area contributed by atoms with E-state index in [0.717, 1.165) is 31.5 Å². The van der Waals surface area contributed by atoms with Crippen LogP contribution in [-0.4, -0.2) is 40.2 Å². The van der Waals surface area contributed by atoms with Crippen molar-refractivity contribution < 1.29 is 15.0 Å². The van der Waals surface area contributed by atoms with Crippen LogP contribution in [0.25, 0.3) is 0 Å². The maximum atomic E-state index is 10.7. The Labute approximate surface area is 132 Å². The lowest BCUT2D eigenvalue weighted by molar-refractivity contribution is -0.137. The van der Waals surface area contributed by atoms with Gasteiger partial charge in [-0.3, -0.25) is 4.79 Å². The molecule has 1 aromatic rings. The van der Waals surface area contributed by atoms with E-state index in [1.54, 1.807) is 0 Å². The van der Waals surface area contributed by atoms with Crippen molar-refractivity contribution in [2.24, 2.45) is 0 Å². The van der Waals surface area contributed by atoms with Crippen molar-refractivity contribution in [3.63, 3.8) is 0 Å². The third-order valence-corrected chi connectivity index (χ3v) is 4.51. The van der Waals surface area contributed by atoms with Crippen LogP contribution in [-0.2, 0) is 4.79 Å². The van der Waals surface area contributed by atoms with E-state index in [0.29, 0.717) is 12.5 Å². The zero-order valence-corrected chi connectivity index (χ0v) is 13.2. The molecule has 1 heterocycles. The maximum Gasteiger partial charge on any atom is 0.303 e. The molecule has 4 heteroatoms. The fraction of sp³-hybridized carbons (Fsp3) is 0.611. The number of carboxylic acid groups (broad SMARTS) is 1. The minimum atomic E-state index is -0.726. The Morgan fingerprint density at radius 2 is 2.00 bits per heavy atom. The third-order valence-electron chi connectivity index (χ3n) is 4.51. The van der Waals surface area contributed by atoms with Gasteiger partial charge in [0.1, 0.15) is 0 Å². The van der Waals surface area contributed by atoms with E-state index in [1.807, 2.05) is 30.3 Å². The Kier molecular flexibility index (Phi) is 6.87. The highest BCUT2D eigenvalue weighted by atomic mass is 16.4. The van der Waals surface area contributed by atoms with Gasteiger partial charge in [-0.2, -0.15) is 0 Å². The lowest BCUT2D eigenvalue weighted by Gasteiger charge is -2.31. The lowest BCUT2D eigenvalue weighted by atomic mass is 9.98. The Morgan fingerprint density at radius 1 is 1.23 bits per heavy atom. The molecule has 2 atom stereocenters. The largest absolute Gasteiger partial charge is 0.481 e. The summed E-state index contributed by atoms with van der Waals surface area (Å²) in [5.41, 5.74) is 0.970. The predicted octanol–water partition coefficient (Wildman–Crippen LogP) is 3.22. The smallest absolute Gasteiger partial charge is 0.303 e. The van der Waals surface area contributed by atoms with E-state index >= 15 is 0 Å². The van der Waals surface area contributed by atoms with E-state index < -0.39 is 12.1 Å². The van der Waals surface area contributed by atoms with Gasteiger partial charge in [0.05, 0.1) is 6.10 Å². The fourth-order valence-electron chi connectivity index (χ4n) is 3.30. The number of benzene rings is 1. The molecule has 0 radical (unpaired) electrons. The topological polar surface area (TPSA) is 60.8 Å². The van der Waals surface area contributed by atoms with Crippen LogP contribution in [0.2, 0.25) is 0 Å². The number of hydrogen-bond acceptors (Lipinski definition) is 3. The molecule has 0 amide bonds. The first-order chi connectivity index (χ1) is 10.7. The summed E-state index contributed by atoms with van der Waals surface area (Å²) in [7, 11) is 0. The third kappa shape index (κ3) is 5.43. The summed E-state index contributed by atoms with van der Waals surface area (Å²) in [6.45, 7) is 1.84. The molecule has 1 aliphatic heterocycles. The highest BCUT2D eigenvalue weighted by Crippen LogP contribution is 2.26. The second kappa shape index (κ2) is 8.91. The van der Waals surface area contributed by atoms with E-state index in [1.165, 1.54) is 19.3 Å². The van der Waals surface area contributed by atoms with Crippen LogP contribution in [0.5, 0.6) is 0 Å². The summed E-state index contributed by atoms with van der Waals surface area (Å²) in [6, 6.07) is 10.2. The molecule has 2 unspecified atom stereocenters. The molecule has 2 rings (SSSR count). The Morgan fingerprint density at radius 3 is 2.73 bits per heavy atom. The van der Waals surface area contributed by atoms with Gasteiger partial charge in [0.25, 0.3) is 0 Å².